The maximum Gasteiger partial charge on any atom is 0.135 e. The van der Waals surface area contributed by atoms with Gasteiger partial charge in [0.25, 0.3) is 0 Å². The second-order valence-corrected chi connectivity index (χ2v) is 9.19. The van der Waals surface area contributed by atoms with E-state index in [1.165, 1.54) is 89.9 Å². The Labute approximate surface area is 144 Å². The van der Waals surface area contributed by atoms with E-state index < -0.39 is 0 Å². The molecule has 0 aliphatic heterocycles. The fourth-order valence-corrected chi connectivity index (χ4v) is 6.35. The Morgan fingerprint density at radius 1 is 0.870 bits per heavy atom. The highest BCUT2D eigenvalue weighted by molar-refractivity contribution is 5.80. The molecule has 1 heteroatoms. The summed E-state index contributed by atoms with van der Waals surface area (Å²) in [4.78, 5) is 12.0. The first-order chi connectivity index (χ1) is 11.1. The van der Waals surface area contributed by atoms with Crippen molar-refractivity contribution in [2.24, 2.45) is 22.7 Å². The van der Waals surface area contributed by atoms with E-state index in [2.05, 4.69) is 6.92 Å². The largest absolute Gasteiger partial charge is 0.299 e. The second kappa shape index (κ2) is 7.28. The van der Waals surface area contributed by atoms with Crippen molar-refractivity contribution in [1.29, 1.82) is 0 Å². The summed E-state index contributed by atoms with van der Waals surface area (Å²) in [6.07, 6.45) is 20.7. The summed E-state index contributed by atoms with van der Waals surface area (Å²) in [6.45, 7) is 4.36. The molecule has 132 valence electrons. The summed E-state index contributed by atoms with van der Waals surface area (Å²) in [5.74, 6) is 1.88. The number of carbonyl (C=O) groups is 1. The standard InChI is InChI=1S/C22H38O/c1-3-5-6-11-21-12-15-22(16-13-21,17-14-21)19-9-7-18(8-10-19)20(23)4-2/h18-19H,3-17H2,1-2H3. The van der Waals surface area contributed by atoms with Crippen LogP contribution in [0.3, 0.4) is 0 Å². The summed E-state index contributed by atoms with van der Waals surface area (Å²) in [5.41, 5.74) is 1.43. The van der Waals surface area contributed by atoms with Gasteiger partial charge in [-0.05, 0) is 87.4 Å². The average Bonchev–Trinajstić information content (AvgIpc) is 2.63. The van der Waals surface area contributed by atoms with E-state index in [1.54, 1.807) is 0 Å². The van der Waals surface area contributed by atoms with Crippen molar-refractivity contribution in [2.45, 2.75) is 110 Å². The lowest BCUT2D eigenvalue weighted by molar-refractivity contribution is -0.125. The fourth-order valence-electron chi connectivity index (χ4n) is 6.35. The lowest BCUT2D eigenvalue weighted by Gasteiger charge is -2.58. The van der Waals surface area contributed by atoms with Gasteiger partial charge in [0.2, 0.25) is 0 Å². The lowest BCUT2D eigenvalue weighted by Crippen LogP contribution is -2.46. The van der Waals surface area contributed by atoms with Crippen molar-refractivity contribution in [3.05, 3.63) is 0 Å². The van der Waals surface area contributed by atoms with Crippen LogP contribution in [0.25, 0.3) is 0 Å². The molecule has 0 radical (unpaired) electrons. The quantitative estimate of drug-likeness (QED) is 0.478. The van der Waals surface area contributed by atoms with Gasteiger partial charge in [-0.1, -0.05) is 33.1 Å². The van der Waals surface area contributed by atoms with Crippen molar-refractivity contribution in [3.8, 4) is 0 Å². The number of hydrogen-bond acceptors (Lipinski definition) is 1. The molecule has 0 amide bonds. The molecule has 23 heavy (non-hydrogen) atoms. The summed E-state index contributed by atoms with van der Waals surface area (Å²) in [7, 11) is 0. The molecule has 4 aliphatic rings. The van der Waals surface area contributed by atoms with Crippen LogP contribution in [-0.4, -0.2) is 5.78 Å². The minimum atomic E-state index is 0.410. The zero-order chi connectivity index (χ0) is 16.3. The number of fused-ring (bicyclic) bond motifs is 3. The first-order valence-electron chi connectivity index (χ1n) is 10.7. The van der Waals surface area contributed by atoms with Crippen LogP contribution in [0.2, 0.25) is 0 Å². The van der Waals surface area contributed by atoms with E-state index in [9.17, 15) is 4.79 Å². The molecule has 0 aromatic rings. The van der Waals surface area contributed by atoms with E-state index in [1.807, 2.05) is 6.92 Å². The van der Waals surface area contributed by atoms with Crippen LogP contribution < -0.4 is 0 Å². The van der Waals surface area contributed by atoms with Gasteiger partial charge >= 0.3 is 0 Å². The minimum absolute atomic E-state index is 0.410. The highest BCUT2D eigenvalue weighted by Crippen LogP contribution is 2.63. The molecule has 0 spiro atoms. The fraction of sp³-hybridized carbons (Fsp3) is 0.955. The number of rotatable bonds is 7. The van der Waals surface area contributed by atoms with Crippen molar-refractivity contribution in [1.82, 2.24) is 0 Å². The van der Waals surface area contributed by atoms with Crippen LogP contribution in [0.1, 0.15) is 110 Å². The van der Waals surface area contributed by atoms with Crippen LogP contribution in [-0.2, 0) is 4.79 Å². The molecule has 4 fully saturated rings. The van der Waals surface area contributed by atoms with Gasteiger partial charge in [-0.3, -0.25) is 4.79 Å². The molecule has 4 rings (SSSR count). The Morgan fingerprint density at radius 2 is 1.48 bits per heavy atom. The Morgan fingerprint density at radius 3 is 2.00 bits per heavy atom. The van der Waals surface area contributed by atoms with E-state index in [-0.39, 0.29) is 0 Å². The molecule has 0 unspecified atom stereocenters. The van der Waals surface area contributed by atoms with E-state index >= 15 is 0 Å². The number of carbonyl (C=O) groups excluding carboxylic acids is 1. The minimum Gasteiger partial charge on any atom is -0.299 e. The van der Waals surface area contributed by atoms with E-state index in [4.69, 9.17) is 0 Å². The third-order valence-electron chi connectivity index (χ3n) is 8.17. The van der Waals surface area contributed by atoms with Gasteiger partial charge in [0.05, 0.1) is 0 Å². The predicted octanol–water partition coefficient (Wildman–Crippen LogP) is 6.69. The van der Waals surface area contributed by atoms with Gasteiger partial charge in [-0.15, -0.1) is 0 Å². The smallest absolute Gasteiger partial charge is 0.135 e. The van der Waals surface area contributed by atoms with Gasteiger partial charge < -0.3 is 0 Å². The van der Waals surface area contributed by atoms with Gasteiger partial charge in [0.1, 0.15) is 5.78 Å². The van der Waals surface area contributed by atoms with Gasteiger partial charge in [-0.25, -0.2) is 0 Å². The summed E-state index contributed by atoms with van der Waals surface area (Å²) in [5, 5.41) is 0. The van der Waals surface area contributed by atoms with Gasteiger partial charge in [0, 0.05) is 12.3 Å². The van der Waals surface area contributed by atoms with Crippen molar-refractivity contribution in [3.63, 3.8) is 0 Å². The molecule has 0 saturated heterocycles. The molecule has 0 aromatic heterocycles. The predicted molar refractivity (Wildman–Crippen MR) is 97.5 cm³/mol. The summed E-state index contributed by atoms with van der Waals surface area (Å²) >= 11 is 0. The second-order valence-electron chi connectivity index (χ2n) is 9.19. The number of unbranched alkanes of at least 4 members (excludes halogenated alkanes) is 2. The maximum absolute atomic E-state index is 12.0. The van der Waals surface area contributed by atoms with Crippen LogP contribution in [0.4, 0.5) is 0 Å². The zero-order valence-corrected chi connectivity index (χ0v) is 15.7. The molecule has 0 atom stereocenters. The van der Waals surface area contributed by atoms with Crippen LogP contribution in [0.5, 0.6) is 0 Å². The van der Waals surface area contributed by atoms with Gasteiger partial charge in [0.15, 0.2) is 0 Å². The molecular formula is C22H38O. The van der Waals surface area contributed by atoms with Gasteiger partial charge in [-0.2, -0.15) is 0 Å². The number of hydrogen-bond donors (Lipinski definition) is 0. The molecule has 0 aromatic carbocycles. The molecule has 0 heterocycles. The van der Waals surface area contributed by atoms with Crippen molar-refractivity contribution >= 4 is 5.78 Å². The highest BCUT2D eigenvalue weighted by atomic mass is 16.1. The van der Waals surface area contributed by atoms with E-state index in [0.29, 0.717) is 17.1 Å². The van der Waals surface area contributed by atoms with Crippen LogP contribution >= 0.6 is 0 Å². The summed E-state index contributed by atoms with van der Waals surface area (Å²) < 4.78 is 0. The van der Waals surface area contributed by atoms with Crippen molar-refractivity contribution < 1.29 is 4.79 Å². The third-order valence-corrected chi connectivity index (χ3v) is 8.17. The Kier molecular flexibility index (Phi) is 5.53. The topological polar surface area (TPSA) is 17.1 Å². The molecular weight excluding hydrogens is 280 g/mol. The highest BCUT2D eigenvalue weighted by Gasteiger charge is 2.51. The number of Topliss-reactive ketones (excluding diaryl/α,β-unsaturated/α-hetero) is 1. The van der Waals surface area contributed by atoms with Crippen LogP contribution in [0, 0.1) is 22.7 Å². The first-order valence-corrected chi connectivity index (χ1v) is 10.7. The third kappa shape index (κ3) is 3.54. The lowest BCUT2D eigenvalue weighted by atomic mass is 9.47. The Hall–Kier alpha value is -0.330. The first kappa shape index (κ1) is 17.5. The number of ketones is 1. The molecule has 4 saturated carbocycles. The molecule has 0 N–H and O–H groups in total. The van der Waals surface area contributed by atoms with E-state index in [0.717, 1.165) is 17.8 Å². The molecule has 2 bridgehead atoms. The Bertz CT molecular complexity index is 378. The Balaban J connectivity index is 1.53. The molecule has 4 aliphatic carbocycles. The van der Waals surface area contributed by atoms with Crippen LogP contribution in [0.15, 0.2) is 0 Å². The molecule has 1 nitrogen and oxygen atoms in total. The SMILES string of the molecule is CCCCCC12CCC(C3CCC(C(=O)CC)CC3)(CC1)CC2. The van der Waals surface area contributed by atoms with Crippen molar-refractivity contribution in [2.75, 3.05) is 0 Å². The normalized spacial score (nSPS) is 40.3. The monoisotopic (exact) mass is 318 g/mol. The maximum atomic E-state index is 12.0. The average molecular weight is 319 g/mol. The summed E-state index contributed by atoms with van der Waals surface area (Å²) in [6, 6.07) is 0. The zero-order valence-electron chi connectivity index (χ0n) is 15.7.